The molecule has 0 aromatic heterocycles. The molecule has 17 heavy (non-hydrogen) atoms. The molecule has 1 aromatic carbocycles. The Kier molecular flexibility index (Phi) is 3.55. The Morgan fingerprint density at radius 2 is 2.12 bits per heavy atom. The molecule has 0 saturated carbocycles. The summed E-state index contributed by atoms with van der Waals surface area (Å²) in [5, 5.41) is 23.3. The molecule has 0 spiro atoms. The molecule has 0 radical (unpaired) electrons. The third-order valence-corrected chi connectivity index (χ3v) is 2.85. The van der Waals surface area contributed by atoms with Gasteiger partial charge in [0.15, 0.2) is 5.75 Å². The van der Waals surface area contributed by atoms with E-state index in [0.717, 1.165) is 31.7 Å². The number of rotatable bonds is 3. The van der Waals surface area contributed by atoms with Gasteiger partial charge in [-0.15, -0.1) is 0 Å². The number of benzene rings is 1. The number of nitro groups is 1. The first-order valence-corrected chi connectivity index (χ1v) is 5.56. The highest BCUT2D eigenvalue weighted by atomic mass is 16.6. The fourth-order valence-electron chi connectivity index (χ4n) is 1.94. The van der Waals surface area contributed by atoms with Crippen LogP contribution in [0.4, 0.5) is 5.69 Å². The molecular weight excluding hydrogens is 222 g/mol. The number of phenols is 1. The number of nitrogens with zero attached hydrogens (tertiary/aromatic N) is 2. The highest BCUT2D eigenvalue weighted by Crippen LogP contribution is 2.26. The lowest BCUT2D eigenvalue weighted by molar-refractivity contribution is -0.385. The van der Waals surface area contributed by atoms with E-state index < -0.39 is 4.92 Å². The van der Waals surface area contributed by atoms with Gasteiger partial charge in [-0.1, -0.05) is 6.07 Å². The van der Waals surface area contributed by atoms with Crippen LogP contribution in [0.15, 0.2) is 18.2 Å². The standard InChI is InChI=1S/C11H15N3O3/c15-11-2-1-9(7-10(11)14(16)17)8-13-5-3-12-4-6-13/h1-2,7,12,15H,3-6,8H2. The van der Waals surface area contributed by atoms with Crippen LogP contribution in [0.3, 0.4) is 0 Å². The van der Waals surface area contributed by atoms with Gasteiger partial charge in [-0.25, -0.2) is 0 Å². The number of piperazine rings is 1. The minimum absolute atomic E-state index is 0.224. The zero-order valence-electron chi connectivity index (χ0n) is 9.43. The van der Waals surface area contributed by atoms with Gasteiger partial charge >= 0.3 is 5.69 Å². The van der Waals surface area contributed by atoms with Crippen LogP contribution in [-0.4, -0.2) is 41.1 Å². The van der Waals surface area contributed by atoms with E-state index in [4.69, 9.17) is 0 Å². The van der Waals surface area contributed by atoms with Crippen molar-refractivity contribution in [2.75, 3.05) is 26.2 Å². The summed E-state index contributed by atoms with van der Waals surface area (Å²) in [6, 6.07) is 4.55. The summed E-state index contributed by atoms with van der Waals surface area (Å²) in [5.41, 5.74) is 0.633. The number of nitro benzene ring substituents is 1. The fraction of sp³-hybridized carbons (Fsp3) is 0.455. The van der Waals surface area contributed by atoms with Crippen LogP contribution in [-0.2, 0) is 6.54 Å². The Morgan fingerprint density at radius 3 is 2.76 bits per heavy atom. The Hall–Kier alpha value is -1.66. The maximum atomic E-state index is 10.7. The Labute approximate surface area is 99.0 Å². The van der Waals surface area contributed by atoms with Crippen molar-refractivity contribution >= 4 is 5.69 Å². The third kappa shape index (κ3) is 2.92. The fourth-order valence-corrected chi connectivity index (χ4v) is 1.94. The van der Waals surface area contributed by atoms with Crippen molar-refractivity contribution in [3.63, 3.8) is 0 Å². The Balaban J connectivity index is 2.10. The first-order chi connectivity index (χ1) is 8.16. The van der Waals surface area contributed by atoms with Gasteiger partial charge < -0.3 is 10.4 Å². The lowest BCUT2D eigenvalue weighted by Crippen LogP contribution is -2.42. The van der Waals surface area contributed by atoms with Gasteiger partial charge in [0.25, 0.3) is 0 Å². The zero-order chi connectivity index (χ0) is 12.3. The van der Waals surface area contributed by atoms with Crippen molar-refractivity contribution in [2.45, 2.75) is 6.54 Å². The molecule has 92 valence electrons. The summed E-state index contributed by atoms with van der Waals surface area (Å²) in [7, 11) is 0. The van der Waals surface area contributed by atoms with E-state index in [9.17, 15) is 15.2 Å². The summed E-state index contributed by atoms with van der Waals surface area (Å²) in [5.74, 6) is -0.279. The number of nitrogens with one attached hydrogen (secondary N) is 1. The van der Waals surface area contributed by atoms with Gasteiger partial charge in [-0.2, -0.15) is 0 Å². The van der Waals surface area contributed by atoms with E-state index in [1.54, 1.807) is 6.07 Å². The lowest BCUT2D eigenvalue weighted by Gasteiger charge is -2.27. The van der Waals surface area contributed by atoms with Crippen LogP contribution < -0.4 is 5.32 Å². The van der Waals surface area contributed by atoms with Crippen molar-refractivity contribution in [2.24, 2.45) is 0 Å². The average Bonchev–Trinajstić information content (AvgIpc) is 2.32. The molecule has 0 aliphatic carbocycles. The predicted octanol–water partition coefficient (Wildman–Crippen LogP) is 0.706. The van der Waals surface area contributed by atoms with Crippen molar-refractivity contribution in [1.82, 2.24) is 10.2 Å². The Bertz CT molecular complexity index is 416. The molecule has 1 saturated heterocycles. The van der Waals surface area contributed by atoms with Crippen LogP contribution in [0.1, 0.15) is 5.56 Å². The first kappa shape index (κ1) is 11.8. The Morgan fingerprint density at radius 1 is 1.41 bits per heavy atom. The number of hydrogen-bond acceptors (Lipinski definition) is 5. The molecule has 0 bridgehead atoms. The van der Waals surface area contributed by atoms with E-state index in [-0.39, 0.29) is 11.4 Å². The molecule has 0 atom stereocenters. The third-order valence-electron chi connectivity index (χ3n) is 2.85. The van der Waals surface area contributed by atoms with Crippen molar-refractivity contribution in [3.05, 3.63) is 33.9 Å². The largest absolute Gasteiger partial charge is 0.502 e. The number of aromatic hydroxyl groups is 1. The smallest absolute Gasteiger partial charge is 0.311 e. The maximum Gasteiger partial charge on any atom is 0.311 e. The van der Waals surface area contributed by atoms with Crippen LogP contribution in [0.25, 0.3) is 0 Å². The second-order valence-electron chi connectivity index (χ2n) is 4.11. The molecule has 6 heteroatoms. The average molecular weight is 237 g/mol. The molecular formula is C11H15N3O3. The van der Waals surface area contributed by atoms with Gasteiger partial charge in [-0.3, -0.25) is 15.0 Å². The minimum Gasteiger partial charge on any atom is -0.502 e. The highest BCUT2D eigenvalue weighted by Gasteiger charge is 2.15. The van der Waals surface area contributed by atoms with Crippen LogP contribution >= 0.6 is 0 Å². The summed E-state index contributed by atoms with van der Waals surface area (Å²) < 4.78 is 0. The summed E-state index contributed by atoms with van der Waals surface area (Å²) in [4.78, 5) is 12.4. The van der Waals surface area contributed by atoms with Crippen LogP contribution in [0.2, 0.25) is 0 Å². The predicted molar refractivity (Wildman–Crippen MR) is 62.9 cm³/mol. The van der Waals surface area contributed by atoms with Crippen molar-refractivity contribution in [1.29, 1.82) is 0 Å². The van der Waals surface area contributed by atoms with Crippen molar-refractivity contribution < 1.29 is 10.0 Å². The van der Waals surface area contributed by atoms with Crippen molar-refractivity contribution in [3.8, 4) is 5.75 Å². The second-order valence-corrected chi connectivity index (χ2v) is 4.11. The van der Waals surface area contributed by atoms with Gasteiger partial charge in [0.05, 0.1) is 4.92 Å². The highest BCUT2D eigenvalue weighted by molar-refractivity contribution is 5.47. The molecule has 1 aliphatic rings. The second kappa shape index (κ2) is 5.11. The topological polar surface area (TPSA) is 78.6 Å². The summed E-state index contributed by atoms with van der Waals surface area (Å²) >= 11 is 0. The van der Waals surface area contributed by atoms with E-state index in [1.165, 1.54) is 12.1 Å². The van der Waals surface area contributed by atoms with Gasteiger partial charge in [0.2, 0.25) is 0 Å². The summed E-state index contributed by atoms with van der Waals surface area (Å²) in [6.45, 7) is 4.45. The molecule has 6 nitrogen and oxygen atoms in total. The monoisotopic (exact) mass is 237 g/mol. The molecule has 1 heterocycles. The molecule has 1 aliphatic heterocycles. The molecule has 0 unspecified atom stereocenters. The minimum atomic E-state index is -0.559. The molecule has 2 N–H and O–H groups in total. The molecule has 0 amide bonds. The maximum absolute atomic E-state index is 10.7. The quantitative estimate of drug-likeness (QED) is 0.597. The van der Waals surface area contributed by atoms with Gasteiger partial charge in [0.1, 0.15) is 0 Å². The van der Waals surface area contributed by atoms with E-state index >= 15 is 0 Å². The molecule has 1 fully saturated rings. The van der Waals surface area contributed by atoms with E-state index in [2.05, 4.69) is 10.2 Å². The lowest BCUT2D eigenvalue weighted by atomic mass is 10.1. The van der Waals surface area contributed by atoms with Gasteiger partial charge in [0, 0.05) is 38.8 Å². The molecule has 1 aromatic rings. The normalized spacial score (nSPS) is 16.9. The van der Waals surface area contributed by atoms with Gasteiger partial charge in [-0.05, 0) is 11.6 Å². The summed E-state index contributed by atoms with van der Waals surface area (Å²) in [6.07, 6.45) is 0. The number of hydrogen-bond donors (Lipinski definition) is 2. The number of phenolic OH excluding ortho intramolecular Hbond substituents is 1. The first-order valence-electron chi connectivity index (χ1n) is 5.56. The van der Waals surface area contributed by atoms with E-state index in [0.29, 0.717) is 6.54 Å². The van der Waals surface area contributed by atoms with Crippen LogP contribution in [0.5, 0.6) is 5.75 Å². The van der Waals surface area contributed by atoms with Crippen LogP contribution in [0, 0.1) is 10.1 Å². The SMILES string of the molecule is O=[N+]([O-])c1cc(CN2CCNCC2)ccc1O. The van der Waals surface area contributed by atoms with E-state index in [1.807, 2.05) is 0 Å². The molecule has 2 rings (SSSR count). The zero-order valence-corrected chi connectivity index (χ0v) is 9.43.